The van der Waals surface area contributed by atoms with Gasteiger partial charge in [0.05, 0.1) is 29.4 Å². The van der Waals surface area contributed by atoms with Crippen molar-refractivity contribution in [3.63, 3.8) is 0 Å². The minimum absolute atomic E-state index is 0.120. The minimum atomic E-state index is -0.345. The fraction of sp³-hybridized carbons (Fsp3) is 0.438. The molecule has 0 radical (unpaired) electrons. The van der Waals surface area contributed by atoms with Crippen molar-refractivity contribution in [2.75, 3.05) is 0 Å². The maximum absolute atomic E-state index is 12.9. The molecule has 1 fully saturated rings. The van der Waals surface area contributed by atoms with E-state index in [4.69, 9.17) is 0 Å². The summed E-state index contributed by atoms with van der Waals surface area (Å²) < 4.78 is 2.67. The second-order valence-electron chi connectivity index (χ2n) is 7.04. The Kier molecular flexibility index (Phi) is 3.54. The predicted octanol–water partition coefficient (Wildman–Crippen LogP) is -0.213. The second-order valence-corrected chi connectivity index (χ2v) is 7.04. The zero-order chi connectivity index (χ0) is 19.4. The van der Waals surface area contributed by atoms with Crippen molar-refractivity contribution in [1.82, 2.24) is 50.2 Å². The van der Waals surface area contributed by atoms with Crippen molar-refractivity contribution < 1.29 is 0 Å². The zero-order valence-corrected chi connectivity index (χ0v) is 15.2. The molecule has 1 aliphatic carbocycles. The first-order valence-electron chi connectivity index (χ1n) is 8.94. The number of benzene rings is 1. The molecule has 1 atom stereocenters. The van der Waals surface area contributed by atoms with Crippen molar-refractivity contribution in [2.45, 2.75) is 45.3 Å². The molecule has 5 rings (SSSR count). The molecular formula is C16H16N10O2. The van der Waals surface area contributed by atoms with E-state index in [9.17, 15) is 9.59 Å². The van der Waals surface area contributed by atoms with Gasteiger partial charge in [-0.05, 0) is 44.0 Å². The fourth-order valence-electron chi connectivity index (χ4n) is 3.17. The number of hydrogen-bond acceptors (Lipinski definition) is 9. The van der Waals surface area contributed by atoms with E-state index >= 15 is 0 Å². The summed E-state index contributed by atoms with van der Waals surface area (Å²) >= 11 is 0. The quantitative estimate of drug-likeness (QED) is 0.440. The maximum Gasteiger partial charge on any atom is 0.277 e. The van der Waals surface area contributed by atoms with Gasteiger partial charge in [0.1, 0.15) is 11.0 Å². The van der Waals surface area contributed by atoms with E-state index in [-0.39, 0.29) is 23.2 Å². The van der Waals surface area contributed by atoms with Crippen LogP contribution in [0.5, 0.6) is 0 Å². The Morgan fingerprint density at radius 2 is 1.68 bits per heavy atom. The highest BCUT2D eigenvalue weighted by molar-refractivity contribution is 5.93. The van der Waals surface area contributed by atoms with Crippen molar-refractivity contribution in [3.05, 3.63) is 38.7 Å². The highest BCUT2D eigenvalue weighted by atomic mass is 16.1. The Morgan fingerprint density at radius 3 is 2.32 bits per heavy atom. The first kappa shape index (κ1) is 16.6. The third-order valence-electron chi connectivity index (χ3n) is 4.78. The van der Waals surface area contributed by atoms with Crippen LogP contribution in [0.1, 0.15) is 37.7 Å². The summed E-state index contributed by atoms with van der Waals surface area (Å²) in [6.45, 7) is 3.87. The van der Waals surface area contributed by atoms with Crippen LogP contribution in [0, 0.1) is 6.92 Å². The number of tetrazole rings is 1. The lowest BCUT2D eigenvalue weighted by molar-refractivity contribution is 0.354. The lowest BCUT2D eigenvalue weighted by Gasteiger charge is -2.12. The lowest BCUT2D eigenvalue weighted by atomic mass is 10.2. The van der Waals surface area contributed by atoms with Gasteiger partial charge in [-0.25, -0.2) is 9.36 Å². The number of rotatable bonds is 4. The zero-order valence-electron chi connectivity index (χ0n) is 15.2. The molecule has 1 aliphatic rings. The van der Waals surface area contributed by atoms with Gasteiger partial charge in [0.25, 0.3) is 11.1 Å². The predicted molar refractivity (Wildman–Crippen MR) is 96.7 cm³/mol. The highest BCUT2D eigenvalue weighted by Crippen LogP contribution is 2.32. The Bertz CT molecular complexity index is 1330. The minimum Gasteiger partial charge on any atom is -0.267 e. The van der Waals surface area contributed by atoms with Crippen LogP contribution < -0.4 is 11.1 Å². The van der Waals surface area contributed by atoms with Gasteiger partial charge < -0.3 is 0 Å². The summed E-state index contributed by atoms with van der Waals surface area (Å²) in [6.07, 6.45) is 1.85. The normalized spacial score (nSPS) is 15.4. The number of hydrogen-bond donors (Lipinski definition) is 0. The topological polar surface area (TPSA) is 139 Å². The molecule has 28 heavy (non-hydrogen) atoms. The average molecular weight is 380 g/mol. The second kappa shape index (κ2) is 5.97. The van der Waals surface area contributed by atoms with Crippen LogP contribution in [0.25, 0.3) is 21.8 Å². The van der Waals surface area contributed by atoms with Crippen molar-refractivity contribution in [1.29, 1.82) is 0 Å². The van der Waals surface area contributed by atoms with Gasteiger partial charge >= 0.3 is 0 Å². The summed E-state index contributed by atoms with van der Waals surface area (Å²) in [4.78, 5) is 27.0. The van der Waals surface area contributed by atoms with Crippen LogP contribution >= 0.6 is 0 Å². The van der Waals surface area contributed by atoms with Crippen LogP contribution in [-0.4, -0.2) is 50.2 Å². The van der Waals surface area contributed by atoms with E-state index in [1.54, 1.807) is 19.1 Å². The molecular weight excluding hydrogens is 364 g/mol. The molecule has 12 nitrogen and oxygen atoms in total. The number of aryl methyl sites for hydroxylation is 1. The molecule has 142 valence electrons. The Balaban J connectivity index is 1.60. The van der Waals surface area contributed by atoms with Gasteiger partial charge in [0.2, 0.25) is 0 Å². The highest BCUT2D eigenvalue weighted by Gasteiger charge is 2.27. The van der Waals surface area contributed by atoms with Gasteiger partial charge in [0, 0.05) is 0 Å². The van der Waals surface area contributed by atoms with E-state index in [2.05, 4.69) is 36.0 Å². The molecule has 0 spiro atoms. The Morgan fingerprint density at radius 1 is 1.00 bits per heavy atom. The largest absolute Gasteiger partial charge is 0.277 e. The van der Waals surface area contributed by atoms with Crippen molar-refractivity contribution >= 4 is 21.8 Å². The molecule has 3 heterocycles. The third kappa shape index (κ3) is 2.64. The van der Waals surface area contributed by atoms with E-state index in [0.29, 0.717) is 34.2 Å². The van der Waals surface area contributed by atoms with Gasteiger partial charge in [0.15, 0.2) is 5.82 Å². The Hall–Kier alpha value is -3.57. The van der Waals surface area contributed by atoms with Crippen molar-refractivity contribution in [3.8, 4) is 0 Å². The summed E-state index contributed by atoms with van der Waals surface area (Å²) in [7, 11) is 0. The maximum atomic E-state index is 12.9. The van der Waals surface area contributed by atoms with Crippen LogP contribution in [0.2, 0.25) is 0 Å². The summed E-state index contributed by atoms with van der Waals surface area (Å²) in [5, 5.41) is 28.9. The average Bonchev–Trinajstić information content (AvgIpc) is 3.43. The van der Waals surface area contributed by atoms with Gasteiger partial charge in [-0.15, -0.1) is 20.4 Å². The van der Waals surface area contributed by atoms with E-state index in [1.807, 2.05) is 6.92 Å². The molecule has 1 aromatic carbocycles. The summed E-state index contributed by atoms with van der Waals surface area (Å²) in [6, 6.07) is 2.89. The molecule has 12 heteroatoms. The SMILES string of the molecule is Cc1nnn(C[C@@H](C)n2nnc3cc4c(=O)n(C5CC5)nnc4cc3c2=O)n1. The van der Waals surface area contributed by atoms with Crippen molar-refractivity contribution in [2.24, 2.45) is 0 Å². The van der Waals surface area contributed by atoms with Gasteiger partial charge in [-0.3, -0.25) is 9.59 Å². The van der Waals surface area contributed by atoms with E-state index in [0.717, 1.165) is 12.8 Å². The standard InChI is InChI=1S/C16H16N10O2/c1-8(7-24-20-9(2)17-21-24)25-15(27)11-5-14-12(6-13(11)18-22-25)16(28)26(23-19-14)10-3-4-10/h5-6,8,10H,3-4,7H2,1-2H3/t8-/m1/s1. The first-order chi connectivity index (χ1) is 13.5. The molecule has 4 aromatic rings. The molecule has 1 saturated carbocycles. The smallest absolute Gasteiger partial charge is 0.267 e. The third-order valence-corrected chi connectivity index (χ3v) is 4.78. The lowest BCUT2D eigenvalue weighted by Crippen LogP contribution is -2.30. The number of fused-ring (bicyclic) bond motifs is 2. The molecule has 0 unspecified atom stereocenters. The molecule has 0 saturated heterocycles. The van der Waals surface area contributed by atoms with Crippen LogP contribution in [-0.2, 0) is 6.54 Å². The van der Waals surface area contributed by atoms with Gasteiger partial charge in [-0.1, -0.05) is 10.4 Å². The fourth-order valence-corrected chi connectivity index (χ4v) is 3.17. The van der Waals surface area contributed by atoms with Crippen LogP contribution in [0.4, 0.5) is 0 Å². The molecule has 0 amide bonds. The molecule has 0 bridgehead atoms. The number of nitrogens with zero attached hydrogens (tertiary/aromatic N) is 10. The van der Waals surface area contributed by atoms with E-state index in [1.165, 1.54) is 14.2 Å². The number of aromatic nitrogens is 10. The molecule has 0 aliphatic heterocycles. The molecule has 0 N–H and O–H groups in total. The molecule has 3 aromatic heterocycles. The first-order valence-corrected chi connectivity index (χ1v) is 8.94. The van der Waals surface area contributed by atoms with Crippen LogP contribution in [0.3, 0.4) is 0 Å². The van der Waals surface area contributed by atoms with E-state index < -0.39 is 0 Å². The summed E-state index contributed by atoms with van der Waals surface area (Å²) in [5.41, 5.74) is 0.168. The summed E-state index contributed by atoms with van der Waals surface area (Å²) in [5.74, 6) is 0.547. The monoisotopic (exact) mass is 380 g/mol. The Labute approximate surface area is 156 Å². The van der Waals surface area contributed by atoms with Gasteiger partial charge in [-0.2, -0.15) is 4.80 Å². The van der Waals surface area contributed by atoms with Crippen LogP contribution in [0.15, 0.2) is 21.7 Å².